The summed E-state index contributed by atoms with van der Waals surface area (Å²) in [6.07, 6.45) is 0. The minimum atomic E-state index is -0.476. The SMILES string of the molecule is C[C@H]1C(=O)N[C@@H]1C(=O)OCc1ccccc1. The van der Waals surface area contributed by atoms with E-state index in [9.17, 15) is 9.59 Å². The zero-order valence-electron chi connectivity index (χ0n) is 8.97. The van der Waals surface area contributed by atoms with Crippen LogP contribution in [-0.2, 0) is 20.9 Å². The van der Waals surface area contributed by atoms with Gasteiger partial charge in [-0.15, -0.1) is 0 Å². The number of rotatable bonds is 3. The van der Waals surface area contributed by atoms with E-state index in [-0.39, 0.29) is 24.4 Å². The Morgan fingerprint density at radius 3 is 2.62 bits per heavy atom. The van der Waals surface area contributed by atoms with Crippen molar-refractivity contribution >= 4 is 11.9 Å². The molecule has 0 aromatic heterocycles. The van der Waals surface area contributed by atoms with Crippen molar-refractivity contribution in [1.29, 1.82) is 0 Å². The van der Waals surface area contributed by atoms with Crippen LogP contribution in [0.5, 0.6) is 0 Å². The first-order valence-corrected chi connectivity index (χ1v) is 5.19. The molecule has 1 aliphatic heterocycles. The van der Waals surface area contributed by atoms with Gasteiger partial charge in [0.05, 0.1) is 5.92 Å². The minimum Gasteiger partial charge on any atom is -0.459 e. The summed E-state index contributed by atoms with van der Waals surface area (Å²) < 4.78 is 5.10. The van der Waals surface area contributed by atoms with E-state index >= 15 is 0 Å². The summed E-state index contributed by atoms with van der Waals surface area (Å²) in [7, 11) is 0. The average molecular weight is 219 g/mol. The maximum absolute atomic E-state index is 11.5. The van der Waals surface area contributed by atoms with Crippen LogP contribution in [0.15, 0.2) is 30.3 Å². The molecule has 84 valence electrons. The number of hydrogen-bond acceptors (Lipinski definition) is 3. The molecule has 0 aliphatic carbocycles. The first kappa shape index (κ1) is 10.7. The van der Waals surface area contributed by atoms with Crippen LogP contribution in [0, 0.1) is 5.92 Å². The fraction of sp³-hybridized carbons (Fsp3) is 0.333. The average Bonchev–Trinajstić information content (AvgIpc) is 2.33. The molecule has 2 rings (SSSR count). The Morgan fingerprint density at radius 2 is 2.06 bits per heavy atom. The van der Waals surface area contributed by atoms with Crippen molar-refractivity contribution in [2.24, 2.45) is 5.92 Å². The molecular weight excluding hydrogens is 206 g/mol. The molecule has 0 bridgehead atoms. The van der Waals surface area contributed by atoms with Crippen LogP contribution in [0.3, 0.4) is 0 Å². The van der Waals surface area contributed by atoms with Gasteiger partial charge in [0.25, 0.3) is 0 Å². The van der Waals surface area contributed by atoms with E-state index in [4.69, 9.17) is 4.74 Å². The predicted molar refractivity (Wildman–Crippen MR) is 57.3 cm³/mol. The van der Waals surface area contributed by atoms with Crippen LogP contribution in [0.1, 0.15) is 12.5 Å². The standard InChI is InChI=1S/C12H13NO3/c1-8-10(13-11(8)14)12(15)16-7-9-5-3-2-4-6-9/h2-6,8,10H,7H2,1H3,(H,13,14)/t8-,10+/m1/s1. The van der Waals surface area contributed by atoms with Gasteiger partial charge in [0.15, 0.2) is 0 Å². The number of hydrogen-bond donors (Lipinski definition) is 1. The van der Waals surface area contributed by atoms with E-state index in [0.717, 1.165) is 5.56 Å². The van der Waals surface area contributed by atoms with Gasteiger partial charge in [-0.1, -0.05) is 37.3 Å². The normalized spacial score (nSPS) is 23.2. The summed E-state index contributed by atoms with van der Waals surface area (Å²) in [5.41, 5.74) is 0.939. The zero-order chi connectivity index (χ0) is 11.5. The summed E-state index contributed by atoms with van der Waals surface area (Å²) in [6, 6.07) is 8.97. The van der Waals surface area contributed by atoms with Crippen LogP contribution < -0.4 is 5.32 Å². The first-order chi connectivity index (χ1) is 7.68. The third-order valence-electron chi connectivity index (χ3n) is 2.69. The van der Waals surface area contributed by atoms with Crippen molar-refractivity contribution in [1.82, 2.24) is 5.32 Å². The maximum atomic E-state index is 11.5. The molecule has 1 saturated heterocycles. The lowest BCUT2D eigenvalue weighted by Gasteiger charge is -2.31. The highest BCUT2D eigenvalue weighted by molar-refractivity contribution is 5.96. The number of benzene rings is 1. The van der Waals surface area contributed by atoms with Crippen LogP contribution in [-0.4, -0.2) is 17.9 Å². The second-order valence-corrected chi connectivity index (χ2v) is 3.87. The van der Waals surface area contributed by atoms with Crippen LogP contribution in [0.2, 0.25) is 0 Å². The Morgan fingerprint density at radius 1 is 1.38 bits per heavy atom. The van der Waals surface area contributed by atoms with Crippen molar-refractivity contribution in [2.75, 3.05) is 0 Å². The monoisotopic (exact) mass is 219 g/mol. The number of carbonyl (C=O) groups excluding carboxylic acids is 2. The molecule has 1 aliphatic rings. The Balaban J connectivity index is 1.83. The first-order valence-electron chi connectivity index (χ1n) is 5.19. The van der Waals surface area contributed by atoms with E-state index < -0.39 is 6.04 Å². The van der Waals surface area contributed by atoms with Crippen molar-refractivity contribution < 1.29 is 14.3 Å². The highest BCUT2D eigenvalue weighted by Gasteiger charge is 2.41. The summed E-state index contributed by atoms with van der Waals surface area (Å²) in [4.78, 5) is 22.4. The molecule has 2 atom stereocenters. The Kier molecular flexibility index (Phi) is 2.90. The van der Waals surface area contributed by atoms with E-state index in [1.54, 1.807) is 6.92 Å². The van der Waals surface area contributed by atoms with Gasteiger partial charge in [-0.3, -0.25) is 4.79 Å². The summed E-state index contributed by atoms with van der Waals surface area (Å²) in [5.74, 6) is -0.735. The Hall–Kier alpha value is -1.84. The van der Waals surface area contributed by atoms with Crippen molar-refractivity contribution in [2.45, 2.75) is 19.6 Å². The molecule has 1 N–H and O–H groups in total. The van der Waals surface area contributed by atoms with Gasteiger partial charge in [0.1, 0.15) is 12.6 Å². The van der Waals surface area contributed by atoms with Crippen molar-refractivity contribution in [3.8, 4) is 0 Å². The van der Waals surface area contributed by atoms with Crippen molar-refractivity contribution in [3.05, 3.63) is 35.9 Å². The van der Waals surface area contributed by atoms with Crippen LogP contribution >= 0.6 is 0 Å². The molecule has 0 spiro atoms. The predicted octanol–water partition coefficient (Wildman–Crippen LogP) is 0.864. The van der Waals surface area contributed by atoms with Crippen LogP contribution in [0.25, 0.3) is 0 Å². The molecule has 1 amide bonds. The Bertz CT molecular complexity index is 402. The molecule has 1 fully saturated rings. The maximum Gasteiger partial charge on any atom is 0.329 e. The molecule has 1 aromatic rings. The highest BCUT2D eigenvalue weighted by Crippen LogP contribution is 2.15. The van der Waals surface area contributed by atoms with E-state index in [1.165, 1.54) is 0 Å². The number of nitrogens with one attached hydrogen (secondary N) is 1. The molecule has 1 aromatic carbocycles. The third kappa shape index (κ3) is 2.05. The highest BCUT2D eigenvalue weighted by atomic mass is 16.5. The molecule has 1 heterocycles. The zero-order valence-corrected chi connectivity index (χ0v) is 8.97. The number of β-lactam (4-membered cyclic amide) rings is 1. The lowest BCUT2D eigenvalue weighted by molar-refractivity contribution is -0.158. The van der Waals surface area contributed by atoms with E-state index in [0.29, 0.717) is 0 Å². The fourth-order valence-electron chi connectivity index (χ4n) is 1.55. The van der Waals surface area contributed by atoms with E-state index in [2.05, 4.69) is 5.32 Å². The van der Waals surface area contributed by atoms with Gasteiger partial charge in [-0.05, 0) is 5.56 Å². The molecule has 0 radical (unpaired) electrons. The van der Waals surface area contributed by atoms with Gasteiger partial charge < -0.3 is 10.1 Å². The molecule has 4 nitrogen and oxygen atoms in total. The van der Waals surface area contributed by atoms with Gasteiger partial charge in [-0.2, -0.15) is 0 Å². The largest absolute Gasteiger partial charge is 0.459 e. The minimum absolute atomic E-state index is 0.0957. The van der Waals surface area contributed by atoms with E-state index in [1.807, 2.05) is 30.3 Å². The lowest BCUT2D eigenvalue weighted by Crippen LogP contribution is -2.61. The molecule has 0 saturated carbocycles. The molecule has 4 heteroatoms. The summed E-state index contributed by atoms with van der Waals surface area (Å²) >= 11 is 0. The third-order valence-corrected chi connectivity index (χ3v) is 2.69. The number of carbonyl (C=O) groups is 2. The van der Waals surface area contributed by atoms with Crippen LogP contribution in [0.4, 0.5) is 0 Å². The fourth-order valence-corrected chi connectivity index (χ4v) is 1.55. The lowest BCUT2D eigenvalue weighted by atomic mass is 9.93. The quantitative estimate of drug-likeness (QED) is 0.606. The second-order valence-electron chi connectivity index (χ2n) is 3.87. The molecular formula is C12H13NO3. The Labute approximate surface area is 93.6 Å². The number of esters is 1. The molecule has 0 unspecified atom stereocenters. The van der Waals surface area contributed by atoms with Crippen molar-refractivity contribution in [3.63, 3.8) is 0 Å². The van der Waals surface area contributed by atoms with Gasteiger partial charge in [0, 0.05) is 0 Å². The summed E-state index contributed by atoms with van der Waals surface area (Å²) in [6.45, 7) is 1.96. The topological polar surface area (TPSA) is 55.4 Å². The van der Waals surface area contributed by atoms with Gasteiger partial charge in [0.2, 0.25) is 5.91 Å². The number of amides is 1. The van der Waals surface area contributed by atoms with Gasteiger partial charge in [-0.25, -0.2) is 4.79 Å². The second kappa shape index (κ2) is 4.35. The number of ether oxygens (including phenoxy) is 1. The summed E-state index contributed by atoms with van der Waals surface area (Å²) in [5, 5.41) is 2.52. The van der Waals surface area contributed by atoms with Gasteiger partial charge >= 0.3 is 5.97 Å². The smallest absolute Gasteiger partial charge is 0.329 e. The molecule has 16 heavy (non-hydrogen) atoms.